The molecule has 0 bridgehead atoms. The molecule has 0 saturated carbocycles. The van der Waals surface area contributed by atoms with E-state index < -0.39 is 23.4 Å². The highest BCUT2D eigenvalue weighted by molar-refractivity contribution is 6.30. The summed E-state index contributed by atoms with van der Waals surface area (Å²) >= 11 is 5.56. The summed E-state index contributed by atoms with van der Waals surface area (Å²) in [4.78, 5) is 30.2. The number of halogens is 2. The number of benzene rings is 2. The molecule has 0 spiro atoms. The molecule has 2 heterocycles. The summed E-state index contributed by atoms with van der Waals surface area (Å²) < 4.78 is 29.2. The monoisotopic (exact) mass is 449 g/mol. The summed E-state index contributed by atoms with van der Waals surface area (Å²) in [6.07, 6.45) is 0. The maximum atomic E-state index is 14.2. The SMILES string of the molecule is COC(=O)C1(c2c(F)ccc3ccc(OC)nc23)CO1.O=C(OO)c1cccc(Cl)c1. The molecule has 10 heteroatoms. The maximum absolute atomic E-state index is 14.2. The van der Waals surface area contributed by atoms with Crippen LogP contribution in [0, 0.1) is 5.82 Å². The number of rotatable bonds is 4. The van der Waals surface area contributed by atoms with E-state index in [0.29, 0.717) is 21.8 Å². The Kier molecular flexibility index (Phi) is 6.69. The van der Waals surface area contributed by atoms with Crippen molar-refractivity contribution in [2.45, 2.75) is 5.60 Å². The number of fused-ring (bicyclic) bond motifs is 1. The average molecular weight is 450 g/mol. The van der Waals surface area contributed by atoms with Crippen LogP contribution in [0.4, 0.5) is 4.39 Å². The molecule has 1 aromatic heterocycles. The van der Waals surface area contributed by atoms with Gasteiger partial charge in [0.15, 0.2) is 0 Å². The molecule has 1 aliphatic rings. The number of hydrogen-bond acceptors (Lipinski definition) is 8. The highest BCUT2D eigenvalue weighted by atomic mass is 35.5. The van der Waals surface area contributed by atoms with Crippen LogP contribution in [0.25, 0.3) is 10.9 Å². The molecule has 31 heavy (non-hydrogen) atoms. The Morgan fingerprint density at radius 1 is 1.19 bits per heavy atom. The molecule has 1 fully saturated rings. The molecular formula is C21H17ClFNO7. The molecule has 162 valence electrons. The lowest BCUT2D eigenvalue weighted by molar-refractivity contribution is -0.182. The minimum atomic E-state index is -1.39. The van der Waals surface area contributed by atoms with Gasteiger partial charge in [0.2, 0.25) is 11.5 Å². The van der Waals surface area contributed by atoms with Gasteiger partial charge in [-0.15, -0.1) is 0 Å². The predicted octanol–water partition coefficient (Wildman–Crippen LogP) is 3.75. The van der Waals surface area contributed by atoms with Gasteiger partial charge in [0.1, 0.15) is 5.82 Å². The summed E-state index contributed by atoms with van der Waals surface area (Å²) in [6, 6.07) is 12.4. The Morgan fingerprint density at radius 2 is 1.90 bits per heavy atom. The summed E-state index contributed by atoms with van der Waals surface area (Å²) in [7, 11) is 2.71. The number of hydrogen-bond donors (Lipinski definition) is 1. The van der Waals surface area contributed by atoms with Gasteiger partial charge < -0.3 is 14.2 Å². The molecule has 1 saturated heterocycles. The maximum Gasteiger partial charge on any atom is 0.372 e. The van der Waals surface area contributed by atoms with Crippen molar-refractivity contribution >= 4 is 34.4 Å². The molecule has 1 unspecified atom stereocenters. The largest absolute Gasteiger partial charge is 0.481 e. The summed E-state index contributed by atoms with van der Waals surface area (Å²) in [5.74, 6) is -1.66. The van der Waals surface area contributed by atoms with Crippen molar-refractivity contribution in [3.63, 3.8) is 0 Å². The van der Waals surface area contributed by atoms with Gasteiger partial charge in [-0.2, -0.15) is 5.26 Å². The topological polar surface area (TPSA) is 107 Å². The fraction of sp³-hybridized carbons (Fsp3) is 0.190. The molecule has 1 aliphatic heterocycles. The van der Waals surface area contributed by atoms with Crippen molar-refractivity contribution in [1.82, 2.24) is 4.98 Å². The van der Waals surface area contributed by atoms with Crippen LogP contribution in [0.2, 0.25) is 5.02 Å². The number of aromatic nitrogens is 1. The van der Waals surface area contributed by atoms with Gasteiger partial charge >= 0.3 is 11.9 Å². The first-order chi connectivity index (χ1) is 14.9. The minimum absolute atomic E-state index is 0.0780. The highest BCUT2D eigenvalue weighted by Gasteiger charge is 2.58. The summed E-state index contributed by atoms with van der Waals surface area (Å²) in [5, 5.41) is 9.11. The number of epoxide rings is 1. The Labute approximate surface area is 181 Å². The predicted molar refractivity (Wildman–Crippen MR) is 107 cm³/mol. The fourth-order valence-corrected chi connectivity index (χ4v) is 3.10. The highest BCUT2D eigenvalue weighted by Crippen LogP contribution is 2.44. The van der Waals surface area contributed by atoms with Gasteiger partial charge in [0.25, 0.3) is 0 Å². The third-order valence-corrected chi connectivity index (χ3v) is 4.73. The summed E-state index contributed by atoms with van der Waals surface area (Å²) in [6.45, 7) is 0.0780. The molecule has 1 N–H and O–H groups in total. The van der Waals surface area contributed by atoms with Gasteiger partial charge in [-0.3, -0.25) is 4.89 Å². The molecule has 0 aliphatic carbocycles. The van der Waals surface area contributed by atoms with Crippen molar-refractivity contribution in [3.05, 3.63) is 70.5 Å². The van der Waals surface area contributed by atoms with Gasteiger partial charge in [-0.25, -0.2) is 19.0 Å². The first kappa shape index (κ1) is 22.4. The van der Waals surface area contributed by atoms with E-state index in [9.17, 15) is 14.0 Å². The zero-order valence-corrected chi connectivity index (χ0v) is 17.2. The molecule has 0 amide bonds. The number of esters is 1. The quantitative estimate of drug-likeness (QED) is 0.278. The van der Waals surface area contributed by atoms with Crippen molar-refractivity contribution in [2.24, 2.45) is 0 Å². The lowest BCUT2D eigenvalue weighted by Gasteiger charge is -2.13. The van der Waals surface area contributed by atoms with E-state index in [1.807, 2.05) is 0 Å². The molecule has 8 nitrogen and oxygen atoms in total. The molecule has 0 radical (unpaired) electrons. The van der Waals surface area contributed by atoms with Crippen LogP contribution in [0.3, 0.4) is 0 Å². The smallest absolute Gasteiger partial charge is 0.372 e. The van der Waals surface area contributed by atoms with E-state index in [1.165, 1.54) is 32.4 Å². The lowest BCUT2D eigenvalue weighted by atomic mass is 9.96. The standard InChI is InChI=1S/C14H12FNO4.C7H5ClO3/c1-18-10-6-4-8-3-5-9(15)11(12(8)16-10)14(7-20-14)13(17)19-2;8-6-3-1-2-5(4-6)7(9)11-10/h3-6H,7H2,1-2H3;1-4,10H. The fourth-order valence-electron chi connectivity index (χ4n) is 2.91. The normalized spacial score (nSPS) is 16.7. The van der Waals surface area contributed by atoms with Crippen molar-refractivity contribution < 1.29 is 38.3 Å². The Balaban J connectivity index is 0.000000210. The van der Waals surface area contributed by atoms with Crippen molar-refractivity contribution in [2.75, 3.05) is 20.8 Å². The average Bonchev–Trinajstić information content (AvgIpc) is 3.59. The Morgan fingerprint density at radius 3 is 2.48 bits per heavy atom. The Hall–Kier alpha value is -3.27. The van der Waals surface area contributed by atoms with Crippen molar-refractivity contribution in [3.8, 4) is 5.88 Å². The van der Waals surface area contributed by atoms with Gasteiger partial charge in [-0.1, -0.05) is 17.7 Å². The van der Waals surface area contributed by atoms with E-state index >= 15 is 0 Å². The van der Waals surface area contributed by atoms with E-state index in [4.69, 9.17) is 31.1 Å². The van der Waals surface area contributed by atoms with Gasteiger partial charge in [0.05, 0.1) is 37.5 Å². The van der Waals surface area contributed by atoms with Gasteiger partial charge in [0, 0.05) is 16.5 Å². The molecule has 1 atom stereocenters. The number of carbonyl (C=O) groups excluding carboxylic acids is 2. The van der Waals surface area contributed by atoms with Crippen LogP contribution in [0.1, 0.15) is 15.9 Å². The molecule has 2 aromatic carbocycles. The molecular weight excluding hydrogens is 433 g/mol. The number of methoxy groups -OCH3 is 2. The second-order valence-electron chi connectivity index (χ2n) is 6.34. The zero-order valence-electron chi connectivity index (χ0n) is 16.4. The van der Waals surface area contributed by atoms with E-state index in [1.54, 1.807) is 30.3 Å². The second-order valence-corrected chi connectivity index (χ2v) is 6.78. The number of ether oxygens (including phenoxy) is 3. The first-order valence-electron chi connectivity index (χ1n) is 8.83. The third kappa shape index (κ3) is 4.58. The van der Waals surface area contributed by atoms with E-state index in [0.717, 1.165) is 0 Å². The van der Waals surface area contributed by atoms with Gasteiger partial charge in [-0.05, 0) is 36.4 Å². The van der Waals surface area contributed by atoms with Crippen LogP contribution >= 0.6 is 11.6 Å². The Bertz CT molecular complexity index is 1130. The van der Waals surface area contributed by atoms with Crippen LogP contribution < -0.4 is 4.74 Å². The first-order valence-corrected chi connectivity index (χ1v) is 9.21. The van der Waals surface area contributed by atoms with Crippen LogP contribution in [-0.2, 0) is 24.8 Å². The second kappa shape index (κ2) is 9.25. The van der Waals surface area contributed by atoms with Crippen molar-refractivity contribution in [1.29, 1.82) is 0 Å². The van der Waals surface area contributed by atoms with Crippen LogP contribution in [0.15, 0.2) is 48.5 Å². The third-order valence-electron chi connectivity index (χ3n) is 4.49. The van der Waals surface area contributed by atoms with Crippen LogP contribution in [-0.4, -0.2) is 43.0 Å². The lowest BCUT2D eigenvalue weighted by Crippen LogP contribution is -2.25. The zero-order chi connectivity index (χ0) is 22.6. The minimum Gasteiger partial charge on any atom is -0.481 e. The molecule has 3 aromatic rings. The number of nitrogens with zero attached hydrogens (tertiary/aromatic N) is 1. The van der Waals surface area contributed by atoms with Crippen LogP contribution in [0.5, 0.6) is 5.88 Å². The number of pyridine rings is 1. The molecule has 4 rings (SSSR count). The summed E-state index contributed by atoms with van der Waals surface area (Å²) in [5.41, 5.74) is -0.731. The van der Waals surface area contributed by atoms with E-state index in [-0.39, 0.29) is 17.7 Å². The number of carbonyl (C=O) groups is 2. The van der Waals surface area contributed by atoms with E-state index in [2.05, 4.69) is 9.87 Å².